The Bertz CT molecular complexity index is 915. The van der Waals surface area contributed by atoms with Crippen LogP contribution in [0.4, 0.5) is 11.4 Å². The zero-order valence-electron chi connectivity index (χ0n) is 15.6. The van der Waals surface area contributed by atoms with Crippen LogP contribution in [0.3, 0.4) is 0 Å². The van der Waals surface area contributed by atoms with Crippen LogP contribution in [0.5, 0.6) is 5.75 Å². The van der Waals surface area contributed by atoms with E-state index in [1.807, 2.05) is 6.92 Å². The molecule has 2 rings (SSSR count). The molecule has 0 aliphatic carbocycles. The van der Waals surface area contributed by atoms with Gasteiger partial charge >= 0.3 is 0 Å². The number of nitrogens with zero attached hydrogens (tertiary/aromatic N) is 2. The third-order valence-corrected chi connectivity index (χ3v) is 3.92. The summed E-state index contributed by atoms with van der Waals surface area (Å²) in [6.07, 6.45) is 1.16. The summed E-state index contributed by atoms with van der Waals surface area (Å²) in [4.78, 5) is 33.9. The van der Waals surface area contributed by atoms with Crippen LogP contribution >= 0.6 is 11.6 Å². The van der Waals surface area contributed by atoms with Crippen molar-refractivity contribution in [3.63, 3.8) is 0 Å². The number of hydrogen-bond acceptors (Lipinski definition) is 6. The lowest BCUT2D eigenvalue weighted by Crippen LogP contribution is -2.20. The lowest BCUT2D eigenvalue weighted by atomic mass is 10.2. The fraction of sp³-hybridized carbons (Fsp3) is 0.211. The Labute approximate surface area is 171 Å². The van der Waals surface area contributed by atoms with Gasteiger partial charge in [-0.2, -0.15) is 5.10 Å². The molecule has 0 aliphatic heterocycles. The van der Waals surface area contributed by atoms with E-state index in [0.717, 1.165) is 0 Å². The van der Waals surface area contributed by atoms with Gasteiger partial charge in [0.25, 0.3) is 5.69 Å². The Morgan fingerprint density at radius 3 is 2.52 bits per heavy atom. The Balaban J connectivity index is 1.77. The second kappa shape index (κ2) is 10.8. The molecule has 0 saturated carbocycles. The quantitative estimate of drug-likeness (QED) is 0.366. The van der Waals surface area contributed by atoms with Crippen molar-refractivity contribution in [3.8, 4) is 5.75 Å². The molecule has 0 spiro atoms. The first-order chi connectivity index (χ1) is 13.9. The molecule has 0 unspecified atom stereocenters. The molecule has 0 bridgehead atoms. The van der Waals surface area contributed by atoms with E-state index in [9.17, 15) is 19.7 Å². The van der Waals surface area contributed by atoms with Gasteiger partial charge in [-0.25, -0.2) is 5.43 Å². The molecule has 0 radical (unpaired) electrons. The van der Waals surface area contributed by atoms with Gasteiger partial charge in [0.2, 0.25) is 11.8 Å². The minimum Gasteiger partial charge on any atom is -0.494 e. The highest BCUT2D eigenvalue weighted by Gasteiger charge is 2.12. The maximum absolute atomic E-state index is 11.9. The maximum Gasteiger partial charge on any atom is 0.288 e. The predicted molar refractivity (Wildman–Crippen MR) is 109 cm³/mol. The number of hydrazone groups is 1. The Hall–Kier alpha value is -3.46. The summed E-state index contributed by atoms with van der Waals surface area (Å²) in [6, 6.07) is 11.0. The van der Waals surface area contributed by atoms with E-state index < -0.39 is 10.8 Å². The van der Waals surface area contributed by atoms with E-state index in [2.05, 4.69) is 15.8 Å². The van der Waals surface area contributed by atoms with E-state index in [-0.39, 0.29) is 29.5 Å². The Kier molecular flexibility index (Phi) is 8.11. The van der Waals surface area contributed by atoms with Crippen molar-refractivity contribution in [2.75, 3.05) is 11.9 Å². The number of nitro groups is 1. The van der Waals surface area contributed by atoms with Crippen molar-refractivity contribution in [3.05, 3.63) is 63.2 Å². The molecule has 2 N–H and O–H groups in total. The fourth-order valence-electron chi connectivity index (χ4n) is 2.24. The molecule has 0 aromatic heterocycles. The largest absolute Gasteiger partial charge is 0.494 e. The minimum atomic E-state index is -0.610. The van der Waals surface area contributed by atoms with Crippen LogP contribution in [0.15, 0.2) is 47.6 Å². The number of carbonyl (C=O) groups is 2. The molecule has 2 amide bonds. The van der Waals surface area contributed by atoms with E-state index in [0.29, 0.717) is 23.6 Å². The smallest absolute Gasteiger partial charge is 0.288 e. The summed E-state index contributed by atoms with van der Waals surface area (Å²) in [5, 5.41) is 17.3. The number of anilines is 1. The summed E-state index contributed by atoms with van der Waals surface area (Å²) in [6.45, 7) is 2.43. The second-order valence-electron chi connectivity index (χ2n) is 5.77. The summed E-state index contributed by atoms with van der Waals surface area (Å²) < 4.78 is 5.32. The highest BCUT2D eigenvalue weighted by atomic mass is 35.5. The lowest BCUT2D eigenvalue weighted by molar-refractivity contribution is -0.384. The zero-order valence-corrected chi connectivity index (χ0v) is 16.3. The monoisotopic (exact) mass is 418 g/mol. The summed E-state index contributed by atoms with van der Waals surface area (Å²) in [7, 11) is 0. The van der Waals surface area contributed by atoms with Gasteiger partial charge in [-0.15, -0.1) is 0 Å². The van der Waals surface area contributed by atoms with Crippen molar-refractivity contribution in [1.82, 2.24) is 5.43 Å². The molecule has 152 valence electrons. The average Bonchev–Trinajstić information content (AvgIpc) is 2.69. The number of halogens is 1. The number of nitro benzene ring substituents is 1. The van der Waals surface area contributed by atoms with Crippen LogP contribution in [0.25, 0.3) is 0 Å². The number of carbonyl (C=O) groups excluding carboxylic acids is 2. The van der Waals surface area contributed by atoms with E-state index in [4.69, 9.17) is 16.3 Å². The molecule has 0 fully saturated rings. The van der Waals surface area contributed by atoms with Gasteiger partial charge in [-0.05, 0) is 37.3 Å². The highest BCUT2D eigenvalue weighted by Crippen LogP contribution is 2.24. The summed E-state index contributed by atoms with van der Waals surface area (Å²) >= 11 is 5.73. The van der Waals surface area contributed by atoms with E-state index in [1.165, 1.54) is 24.4 Å². The van der Waals surface area contributed by atoms with Gasteiger partial charge in [0.1, 0.15) is 10.8 Å². The standard InChI is InChI=1S/C19H19ClN4O5/c1-2-29-15-6-4-14(5-7-15)22-18(25)9-10-19(26)23-21-12-13-3-8-16(20)17(11-13)24(27)28/h3-8,11-12H,2,9-10H2,1H3,(H,22,25)(H,23,26)/b21-12+. The van der Waals surface area contributed by atoms with Crippen LogP contribution in [-0.4, -0.2) is 29.6 Å². The van der Waals surface area contributed by atoms with Crippen molar-refractivity contribution < 1.29 is 19.2 Å². The topological polar surface area (TPSA) is 123 Å². The molecule has 2 aromatic carbocycles. The van der Waals surface area contributed by atoms with Crippen molar-refractivity contribution in [1.29, 1.82) is 0 Å². The van der Waals surface area contributed by atoms with Crippen molar-refractivity contribution in [2.24, 2.45) is 5.10 Å². The Morgan fingerprint density at radius 1 is 1.17 bits per heavy atom. The summed E-state index contributed by atoms with van der Waals surface area (Å²) in [5.41, 5.74) is 3.01. The molecule has 0 aliphatic rings. The Morgan fingerprint density at radius 2 is 1.86 bits per heavy atom. The first-order valence-electron chi connectivity index (χ1n) is 8.67. The number of rotatable bonds is 9. The van der Waals surface area contributed by atoms with Crippen LogP contribution < -0.4 is 15.5 Å². The maximum atomic E-state index is 11.9. The van der Waals surface area contributed by atoms with Crippen LogP contribution in [0.2, 0.25) is 5.02 Å². The van der Waals surface area contributed by atoms with Crippen molar-refractivity contribution in [2.45, 2.75) is 19.8 Å². The highest BCUT2D eigenvalue weighted by molar-refractivity contribution is 6.32. The molecule has 0 atom stereocenters. The third-order valence-electron chi connectivity index (χ3n) is 3.60. The molecule has 0 saturated heterocycles. The number of nitrogens with one attached hydrogen (secondary N) is 2. The van der Waals surface area contributed by atoms with Crippen LogP contribution in [0, 0.1) is 10.1 Å². The third kappa shape index (κ3) is 7.23. The van der Waals surface area contributed by atoms with Gasteiger partial charge in [0.15, 0.2) is 0 Å². The molecule has 29 heavy (non-hydrogen) atoms. The number of benzene rings is 2. The molecular formula is C19H19ClN4O5. The number of ether oxygens (including phenoxy) is 1. The van der Waals surface area contributed by atoms with Crippen LogP contribution in [0.1, 0.15) is 25.3 Å². The predicted octanol–water partition coefficient (Wildman–Crippen LogP) is 3.52. The number of hydrogen-bond donors (Lipinski definition) is 2. The normalized spacial score (nSPS) is 10.6. The number of amides is 2. The molecule has 2 aromatic rings. The SMILES string of the molecule is CCOc1ccc(NC(=O)CCC(=O)N/N=C/c2ccc(Cl)c([N+](=O)[O-])c2)cc1. The second-order valence-corrected chi connectivity index (χ2v) is 6.17. The van der Waals surface area contributed by atoms with E-state index >= 15 is 0 Å². The van der Waals surface area contributed by atoms with Gasteiger partial charge in [0.05, 0.1) is 17.7 Å². The fourth-order valence-corrected chi connectivity index (χ4v) is 2.42. The minimum absolute atomic E-state index is 0.00901. The zero-order chi connectivity index (χ0) is 21.2. The van der Waals surface area contributed by atoms with Crippen molar-refractivity contribution >= 4 is 41.0 Å². The lowest BCUT2D eigenvalue weighted by Gasteiger charge is -2.07. The van der Waals surface area contributed by atoms with Crippen LogP contribution in [-0.2, 0) is 9.59 Å². The molecule has 10 heteroatoms. The van der Waals surface area contributed by atoms with Gasteiger partial charge < -0.3 is 10.1 Å². The summed E-state index contributed by atoms with van der Waals surface area (Å²) in [5.74, 6) is -0.0815. The first-order valence-corrected chi connectivity index (χ1v) is 9.05. The average molecular weight is 419 g/mol. The van der Waals surface area contributed by atoms with Gasteiger partial charge in [-0.1, -0.05) is 17.7 Å². The molecular weight excluding hydrogens is 400 g/mol. The van der Waals surface area contributed by atoms with Gasteiger partial charge in [0, 0.05) is 30.2 Å². The van der Waals surface area contributed by atoms with E-state index in [1.54, 1.807) is 24.3 Å². The first kappa shape index (κ1) is 21.8. The molecule has 9 nitrogen and oxygen atoms in total. The molecule has 0 heterocycles. The van der Waals surface area contributed by atoms with Gasteiger partial charge in [-0.3, -0.25) is 19.7 Å².